The lowest BCUT2D eigenvalue weighted by atomic mass is 10.1. The van der Waals surface area contributed by atoms with E-state index in [9.17, 15) is 34.8 Å². The molecule has 4 aromatic rings. The number of fused-ring (bicyclic) bond motifs is 2. The van der Waals surface area contributed by atoms with Gasteiger partial charge < -0.3 is 66.8 Å². The van der Waals surface area contributed by atoms with Gasteiger partial charge in [-0.2, -0.15) is 19.9 Å². The molecule has 0 spiro atoms. The summed E-state index contributed by atoms with van der Waals surface area (Å²) in [5.74, 6) is -0.406. The van der Waals surface area contributed by atoms with Gasteiger partial charge in [0.1, 0.15) is 58.7 Å². The standard InChI is InChI=1S/C32H43N11O11S2/c1-10(2)15(33)28(48)51-9-14-16(45)18(47)26(54-14)42-25-21(56-31(42)49)23(38-30(35)40-25)41-6-5-12(7-41)52-19-17(46)13(8-44)53-27(19)43-24-20(55-32(43)50)22(36-11-3-4-11)37-29(34)39-24/h10-19,26-27,44-47H,3-9,33H2,1-2H3,(H2,35,38,40)(H3,34,36,37,39)/t12?,13-,14-,15+,16-,17-,18-,19-,26-,27-/m1/s1. The third kappa shape index (κ3) is 6.96. The Bertz CT molecular complexity index is 2250. The Morgan fingerprint density at radius 1 is 0.911 bits per heavy atom. The fourth-order valence-corrected chi connectivity index (χ4v) is 8.99. The highest BCUT2D eigenvalue weighted by Gasteiger charge is 2.49. The largest absolute Gasteiger partial charge is 0.462 e. The summed E-state index contributed by atoms with van der Waals surface area (Å²) in [6.45, 7) is 3.12. The number of nitrogens with zero attached hydrogens (tertiary/aromatic N) is 7. The van der Waals surface area contributed by atoms with Crippen molar-refractivity contribution in [2.75, 3.05) is 48.0 Å². The highest BCUT2D eigenvalue weighted by atomic mass is 32.1. The Balaban J connectivity index is 1.03. The third-order valence-electron chi connectivity index (χ3n) is 10.4. The van der Waals surface area contributed by atoms with Crippen LogP contribution in [-0.2, 0) is 23.7 Å². The van der Waals surface area contributed by atoms with Crippen LogP contribution >= 0.6 is 22.7 Å². The van der Waals surface area contributed by atoms with E-state index >= 15 is 0 Å². The normalized spacial score (nSPS) is 29.9. The van der Waals surface area contributed by atoms with E-state index in [4.69, 9.17) is 36.1 Å². The van der Waals surface area contributed by atoms with E-state index in [0.29, 0.717) is 34.0 Å². The highest BCUT2D eigenvalue weighted by molar-refractivity contribution is 7.17. The minimum Gasteiger partial charge on any atom is -0.462 e. The van der Waals surface area contributed by atoms with Crippen LogP contribution in [0.2, 0.25) is 0 Å². The molecular formula is C32H43N11O11S2. The van der Waals surface area contributed by atoms with Crippen LogP contribution in [0.3, 0.4) is 0 Å². The van der Waals surface area contributed by atoms with Gasteiger partial charge >= 0.3 is 15.7 Å². The number of aliphatic hydroxyl groups excluding tert-OH is 4. The molecule has 0 aromatic carbocycles. The zero-order valence-electron chi connectivity index (χ0n) is 30.2. The average Bonchev–Trinajstić information content (AvgIpc) is 3.37. The number of carbonyl (C=O) groups excluding carboxylic acids is 1. The van der Waals surface area contributed by atoms with Gasteiger partial charge in [0, 0.05) is 19.1 Å². The number of rotatable bonds is 12. The number of esters is 1. The Hall–Kier alpha value is -4.11. The summed E-state index contributed by atoms with van der Waals surface area (Å²) in [4.78, 5) is 57.5. The van der Waals surface area contributed by atoms with Crippen molar-refractivity contribution in [3.8, 4) is 0 Å². The topological polar surface area (TPSA) is 324 Å². The van der Waals surface area contributed by atoms with Crippen molar-refractivity contribution >= 4 is 72.9 Å². The molecule has 4 fully saturated rings. The minimum atomic E-state index is -1.59. The van der Waals surface area contributed by atoms with Crippen LogP contribution < -0.4 is 37.2 Å². The van der Waals surface area contributed by atoms with Gasteiger partial charge in [0.05, 0.1) is 12.7 Å². The van der Waals surface area contributed by atoms with Crippen LogP contribution in [0.1, 0.15) is 45.6 Å². The van der Waals surface area contributed by atoms with Gasteiger partial charge in [0.2, 0.25) is 11.9 Å². The van der Waals surface area contributed by atoms with Crippen LogP contribution in [0.25, 0.3) is 20.7 Å². The van der Waals surface area contributed by atoms with E-state index in [2.05, 4.69) is 25.3 Å². The lowest BCUT2D eigenvalue weighted by Crippen LogP contribution is -2.40. The molecule has 3 saturated heterocycles. The van der Waals surface area contributed by atoms with Gasteiger partial charge in [-0.3, -0.25) is 23.5 Å². The lowest BCUT2D eigenvalue weighted by molar-refractivity contribution is -0.152. The number of aliphatic hydroxyl groups is 4. The molecule has 56 heavy (non-hydrogen) atoms. The van der Waals surface area contributed by atoms with Crippen molar-refractivity contribution < 1.29 is 44.2 Å². The number of nitrogens with two attached hydrogens (primary N) is 3. The smallest absolute Gasteiger partial charge is 0.323 e. The van der Waals surface area contributed by atoms with E-state index in [1.165, 1.54) is 4.57 Å². The number of aromatic nitrogens is 6. The van der Waals surface area contributed by atoms with Crippen molar-refractivity contribution in [2.24, 2.45) is 11.7 Å². The number of hydrogen-bond donors (Lipinski definition) is 8. The third-order valence-corrected chi connectivity index (χ3v) is 12.3. The van der Waals surface area contributed by atoms with Crippen LogP contribution in [0.4, 0.5) is 23.5 Å². The molecule has 1 saturated carbocycles. The summed E-state index contributed by atoms with van der Waals surface area (Å²) < 4.78 is 26.7. The van der Waals surface area contributed by atoms with E-state index < -0.39 is 90.2 Å². The molecule has 0 amide bonds. The number of hydrogen-bond acceptors (Lipinski definition) is 22. The maximum Gasteiger partial charge on any atom is 0.323 e. The van der Waals surface area contributed by atoms with Crippen LogP contribution in [0, 0.1) is 5.92 Å². The maximum atomic E-state index is 13.5. The van der Waals surface area contributed by atoms with E-state index in [0.717, 1.165) is 40.1 Å². The van der Waals surface area contributed by atoms with E-state index in [-0.39, 0.29) is 41.7 Å². The zero-order valence-corrected chi connectivity index (χ0v) is 31.8. The molecule has 24 heteroatoms. The fourth-order valence-electron chi connectivity index (χ4n) is 7.13. The van der Waals surface area contributed by atoms with Crippen molar-refractivity contribution in [1.82, 2.24) is 29.1 Å². The second kappa shape index (κ2) is 15.0. The van der Waals surface area contributed by atoms with Gasteiger partial charge in [-0.25, -0.2) is 0 Å². The van der Waals surface area contributed by atoms with Crippen molar-refractivity contribution in [3.63, 3.8) is 0 Å². The molecule has 8 rings (SSSR count). The molecule has 1 unspecified atom stereocenters. The fraction of sp³-hybridized carbons (Fsp3) is 0.656. The Kier molecular flexibility index (Phi) is 10.4. The maximum absolute atomic E-state index is 13.5. The van der Waals surface area contributed by atoms with E-state index in [1.807, 2.05) is 4.90 Å². The predicted molar refractivity (Wildman–Crippen MR) is 201 cm³/mol. The number of anilines is 4. The van der Waals surface area contributed by atoms with Gasteiger partial charge in [-0.15, -0.1) is 0 Å². The first-order valence-electron chi connectivity index (χ1n) is 18.2. The lowest BCUT2D eigenvalue weighted by Gasteiger charge is -2.25. The second-order valence-electron chi connectivity index (χ2n) is 14.7. The molecule has 4 aromatic heterocycles. The summed E-state index contributed by atoms with van der Waals surface area (Å²) in [6, 6.07) is -0.681. The molecular weight excluding hydrogens is 779 g/mol. The number of thiazole rings is 2. The molecule has 4 aliphatic rings. The molecule has 11 N–H and O–H groups in total. The molecule has 0 radical (unpaired) electrons. The molecule has 22 nitrogen and oxygen atoms in total. The minimum absolute atomic E-state index is 0.0496. The summed E-state index contributed by atoms with van der Waals surface area (Å²) in [5.41, 5.74) is 18.3. The van der Waals surface area contributed by atoms with Gasteiger partial charge in [0.25, 0.3) is 0 Å². The molecule has 10 atom stereocenters. The summed E-state index contributed by atoms with van der Waals surface area (Å²) in [6.07, 6.45) is -8.58. The number of carbonyl (C=O) groups is 1. The Morgan fingerprint density at radius 3 is 2.23 bits per heavy atom. The number of ether oxygens (including phenoxy) is 4. The molecule has 304 valence electrons. The van der Waals surface area contributed by atoms with Gasteiger partial charge in [-0.1, -0.05) is 36.5 Å². The highest BCUT2D eigenvalue weighted by Crippen LogP contribution is 2.39. The summed E-state index contributed by atoms with van der Waals surface area (Å²) in [7, 11) is 0. The summed E-state index contributed by atoms with van der Waals surface area (Å²) >= 11 is 1.69. The number of nitrogens with one attached hydrogen (secondary N) is 1. The number of nitrogen functional groups attached to an aromatic ring is 2. The van der Waals surface area contributed by atoms with Crippen molar-refractivity contribution in [1.29, 1.82) is 0 Å². The van der Waals surface area contributed by atoms with Crippen molar-refractivity contribution in [2.45, 2.75) is 100 Å². The first-order valence-corrected chi connectivity index (χ1v) is 19.8. The first kappa shape index (κ1) is 38.7. The summed E-state index contributed by atoms with van der Waals surface area (Å²) in [5, 5.41) is 46.4. The van der Waals surface area contributed by atoms with Crippen molar-refractivity contribution in [3.05, 3.63) is 19.3 Å². The Labute approximate surface area is 324 Å². The molecule has 7 heterocycles. The molecule has 1 aliphatic carbocycles. The second-order valence-corrected chi connectivity index (χ2v) is 16.6. The Morgan fingerprint density at radius 2 is 1.55 bits per heavy atom. The van der Waals surface area contributed by atoms with Crippen LogP contribution in [-0.4, -0.2) is 137 Å². The van der Waals surface area contributed by atoms with Crippen LogP contribution in [0.15, 0.2) is 9.59 Å². The van der Waals surface area contributed by atoms with E-state index in [1.54, 1.807) is 13.8 Å². The zero-order chi connectivity index (χ0) is 39.7. The molecule has 0 bridgehead atoms. The van der Waals surface area contributed by atoms with Gasteiger partial charge in [0.15, 0.2) is 35.4 Å². The monoisotopic (exact) mass is 821 g/mol. The quantitative estimate of drug-likeness (QED) is 0.0704. The van der Waals surface area contributed by atoms with Crippen LogP contribution in [0.5, 0.6) is 0 Å². The van der Waals surface area contributed by atoms with Gasteiger partial charge in [-0.05, 0) is 25.2 Å². The average molecular weight is 822 g/mol. The first-order chi connectivity index (χ1) is 26.7. The SMILES string of the molecule is CC(C)[C@H](N)C(=O)OC[C@H]1O[C@@H](n2c(=O)sc3c(N4CCC(O[C@@H]5[C@H](O)[C@@H](CO)O[C@H]5n5c(=O)sc6c(NC7CC7)nc(N)nc65)C4)nc(N)nc32)[C@H](O)[C@@H]1O. The molecule has 3 aliphatic heterocycles. The predicted octanol–water partition coefficient (Wildman–Crippen LogP) is -2.18.